The number of hydrogen-bond donors (Lipinski definition) is 0. The van der Waals surface area contributed by atoms with E-state index < -0.39 is 0 Å². The normalized spacial score (nSPS) is 9.78. The minimum Gasteiger partial charge on any atom is -0.485 e. The van der Waals surface area contributed by atoms with Crippen molar-refractivity contribution in [3.05, 3.63) is 65.7 Å². The standard InChI is InChI=1S/C15H12O3/c16-10-12-5-4-6-13(9-12)15(17)11-18-14-7-2-1-3-8-14/h1-10H,11H2. The van der Waals surface area contributed by atoms with Gasteiger partial charge in [-0.1, -0.05) is 36.4 Å². The van der Waals surface area contributed by atoms with E-state index in [4.69, 9.17) is 4.74 Å². The molecule has 0 atom stereocenters. The van der Waals surface area contributed by atoms with E-state index in [1.807, 2.05) is 18.2 Å². The minimum absolute atomic E-state index is 0.0354. The Hall–Kier alpha value is -2.42. The first kappa shape index (κ1) is 12.0. The molecule has 18 heavy (non-hydrogen) atoms. The summed E-state index contributed by atoms with van der Waals surface area (Å²) in [6.07, 6.45) is 0.717. The van der Waals surface area contributed by atoms with Gasteiger partial charge < -0.3 is 4.74 Å². The van der Waals surface area contributed by atoms with E-state index in [2.05, 4.69) is 0 Å². The first-order valence-electron chi connectivity index (χ1n) is 5.56. The summed E-state index contributed by atoms with van der Waals surface area (Å²) in [5.74, 6) is 0.500. The third-order valence-corrected chi connectivity index (χ3v) is 2.46. The van der Waals surface area contributed by atoms with E-state index in [0.29, 0.717) is 16.9 Å². The smallest absolute Gasteiger partial charge is 0.200 e. The Bertz CT molecular complexity index is 547. The summed E-state index contributed by atoms with van der Waals surface area (Å²) in [4.78, 5) is 22.5. The molecule has 0 heterocycles. The number of benzene rings is 2. The highest BCUT2D eigenvalue weighted by molar-refractivity contribution is 5.98. The summed E-state index contributed by atoms with van der Waals surface area (Å²) in [5, 5.41) is 0. The summed E-state index contributed by atoms with van der Waals surface area (Å²) < 4.78 is 5.36. The van der Waals surface area contributed by atoms with Crippen LogP contribution in [-0.4, -0.2) is 18.7 Å². The molecular weight excluding hydrogens is 228 g/mol. The molecule has 0 bridgehead atoms. The lowest BCUT2D eigenvalue weighted by atomic mass is 10.1. The predicted molar refractivity (Wildman–Crippen MR) is 68.1 cm³/mol. The Balaban J connectivity index is 2.01. The Morgan fingerprint density at radius 2 is 1.83 bits per heavy atom. The Labute approximate surface area is 105 Å². The number of Topliss-reactive ketones (excluding diaryl/α,β-unsaturated/α-hetero) is 1. The van der Waals surface area contributed by atoms with E-state index in [-0.39, 0.29) is 12.4 Å². The van der Waals surface area contributed by atoms with Crippen molar-refractivity contribution in [3.8, 4) is 5.75 Å². The van der Waals surface area contributed by atoms with Crippen molar-refractivity contribution in [1.82, 2.24) is 0 Å². The first-order valence-corrected chi connectivity index (χ1v) is 5.56. The van der Waals surface area contributed by atoms with Gasteiger partial charge in [-0.2, -0.15) is 0 Å². The van der Waals surface area contributed by atoms with Crippen LogP contribution in [0.3, 0.4) is 0 Å². The monoisotopic (exact) mass is 240 g/mol. The second kappa shape index (κ2) is 5.77. The van der Waals surface area contributed by atoms with Crippen LogP contribution in [0.2, 0.25) is 0 Å². The first-order chi connectivity index (χ1) is 8.79. The molecule has 2 aromatic carbocycles. The molecule has 0 saturated carbocycles. The fraction of sp³-hybridized carbons (Fsp3) is 0.0667. The third kappa shape index (κ3) is 3.04. The van der Waals surface area contributed by atoms with E-state index in [0.717, 1.165) is 6.29 Å². The zero-order valence-corrected chi connectivity index (χ0v) is 9.71. The van der Waals surface area contributed by atoms with Gasteiger partial charge in [-0.15, -0.1) is 0 Å². The van der Waals surface area contributed by atoms with Crippen LogP contribution in [0.1, 0.15) is 20.7 Å². The van der Waals surface area contributed by atoms with Gasteiger partial charge in [0.2, 0.25) is 0 Å². The zero-order chi connectivity index (χ0) is 12.8. The lowest BCUT2D eigenvalue weighted by Gasteiger charge is -2.05. The Morgan fingerprint density at radius 3 is 2.56 bits per heavy atom. The summed E-state index contributed by atoms with van der Waals surface area (Å²) in [7, 11) is 0. The van der Waals surface area contributed by atoms with E-state index in [9.17, 15) is 9.59 Å². The minimum atomic E-state index is -0.150. The largest absolute Gasteiger partial charge is 0.485 e. The number of aldehydes is 1. The van der Waals surface area contributed by atoms with Crippen LogP contribution in [-0.2, 0) is 0 Å². The van der Waals surface area contributed by atoms with Gasteiger partial charge in [-0.3, -0.25) is 9.59 Å². The molecule has 0 spiro atoms. The molecule has 0 fully saturated rings. The van der Waals surface area contributed by atoms with Crippen molar-refractivity contribution in [3.63, 3.8) is 0 Å². The lowest BCUT2D eigenvalue weighted by molar-refractivity contribution is 0.0921. The second-order valence-corrected chi connectivity index (χ2v) is 3.77. The molecule has 0 N–H and O–H groups in total. The molecule has 2 aromatic rings. The lowest BCUT2D eigenvalue weighted by Crippen LogP contribution is -2.11. The quantitative estimate of drug-likeness (QED) is 0.596. The number of ketones is 1. The number of rotatable bonds is 5. The molecule has 0 aliphatic carbocycles. The van der Waals surface area contributed by atoms with E-state index in [1.54, 1.807) is 36.4 Å². The van der Waals surface area contributed by atoms with Crippen LogP contribution in [0, 0.1) is 0 Å². The number of para-hydroxylation sites is 1. The van der Waals surface area contributed by atoms with Crippen molar-refractivity contribution in [2.45, 2.75) is 0 Å². The molecule has 0 aliphatic heterocycles. The van der Waals surface area contributed by atoms with Gasteiger partial charge in [-0.05, 0) is 18.2 Å². The van der Waals surface area contributed by atoms with Crippen molar-refractivity contribution < 1.29 is 14.3 Å². The molecule has 0 unspecified atom stereocenters. The summed E-state index contributed by atoms with van der Waals surface area (Å²) in [6, 6.07) is 15.7. The Kier molecular flexibility index (Phi) is 3.86. The fourth-order valence-corrected chi connectivity index (χ4v) is 1.53. The van der Waals surface area contributed by atoms with Crippen LogP contribution in [0.5, 0.6) is 5.75 Å². The van der Waals surface area contributed by atoms with Crippen molar-refractivity contribution in [1.29, 1.82) is 0 Å². The Morgan fingerprint density at radius 1 is 1.06 bits per heavy atom. The maximum atomic E-state index is 11.8. The molecule has 0 aromatic heterocycles. The molecule has 90 valence electrons. The highest BCUT2D eigenvalue weighted by Crippen LogP contribution is 2.10. The van der Waals surface area contributed by atoms with Crippen LogP contribution in [0.15, 0.2) is 54.6 Å². The summed E-state index contributed by atoms with van der Waals surface area (Å²) >= 11 is 0. The molecule has 0 radical (unpaired) electrons. The highest BCUT2D eigenvalue weighted by Gasteiger charge is 2.07. The van der Waals surface area contributed by atoms with Gasteiger partial charge in [-0.25, -0.2) is 0 Å². The number of hydrogen-bond acceptors (Lipinski definition) is 3. The molecule has 3 heteroatoms. The van der Waals surface area contributed by atoms with Crippen LogP contribution >= 0.6 is 0 Å². The number of carbonyl (C=O) groups excluding carboxylic acids is 2. The van der Waals surface area contributed by atoms with Gasteiger partial charge in [0.25, 0.3) is 0 Å². The van der Waals surface area contributed by atoms with Gasteiger partial charge in [0.1, 0.15) is 12.0 Å². The molecule has 3 nitrogen and oxygen atoms in total. The van der Waals surface area contributed by atoms with Crippen molar-refractivity contribution in [2.24, 2.45) is 0 Å². The van der Waals surface area contributed by atoms with Crippen molar-refractivity contribution >= 4 is 12.1 Å². The molecule has 0 saturated heterocycles. The van der Waals surface area contributed by atoms with Crippen LogP contribution in [0.25, 0.3) is 0 Å². The average Bonchev–Trinajstić information content (AvgIpc) is 2.46. The molecule has 0 amide bonds. The van der Waals surface area contributed by atoms with E-state index >= 15 is 0 Å². The summed E-state index contributed by atoms with van der Waals surface area (Å²) in [6.45, 7) is -0.0354. The van der Waals surface area contributed by atoms with Gasteiger partial charge in [0, 0.05) is 11.1 Å². The van der Waals surface area contributed by atoms with Gasteiger partial charge >= 0.3 is 0 Å². The topological polar surface area (TPSA) is 43.4 Å². The third-order valence-electron chi connectivity index (χ3n) is 2.46. The van der Waals surface area contributed by atoms with Crippen LogP contribution in [0.4, 0.5) is 0 Å². The van der Waals surface area contributed by atoms with Crippen molar-refractivity contribution in [2.75, 3.05) is 6.61 Å². The summed E-state index contributed by atoms with van der Waals surface area (Å²) in [5.41, 5.74) is 0.969. The molecule has 0 aliphatic rings. The maximum absolute atomic E-state index is 11.8. The molecular formula is C15H12O3. The second-order valence-electron chi connectivity index (χ2n) is 3.77. The predicted octanol–water partition coefficient (Wildman–Crippen LogP) is 2.76. The van der Waals surface area contributed by atoms with Gasteiger partial charge in [0.15, 0.2) is 12.4 Å². The molecule has 2 rings (SSSR count). The SMILES string of the molecule is O=Cc1cccc(C(=O)COc2ccccc2)c1. The fourth-order valence-electron chi connectivity index (χ4n) is 1.53. The number of ether oxygens (including phenoxy) is 1. The van der Waals surface area contributed by atoms with Crippen LogP contribution < -0.4 is 4.74 Å². The zero-order valence-electron chi connectivity index (χ0n) is 9.71. The average molecular weight is 240 g/mol. The maximum Gasteiger partial charge on any atom is 0.200 e. The highest BCUT2D eigenvalue weighted by atomic mass is 16.5. The van der Waals surface area contributed by atoms with Gasteiger partial charge in [0.05, 0.1) is 0 Å². The van der Waals surface area contributed by atoms with E-state index in [1.165, 1.54) is 0 Å². The number of carbonyl (C=O) groups is 2.